The molecule has 0 saturated heterocycles. The number of para-hydroxylation sites is 2. The molecule has 0 amide bonds. The highest BCUT2D eigenvalue weighted by molar-refractivity contribution is 14.0. The summed E-state index contributed by atoms with van der Waals surface area (Å²) in [7, 11) is 1.75. The summed E-state index contributed by atoms with van der Waals surface area (Å²) in [5, 5.41) is 7.62. The van der Waals surface area contributed by atoms with Crippen LogP contribution < -0.4 is 20.1 Å². The van der Waals surface area contributed by atoms with Crippen molar-refractivity contribution in [3.05, 3.63) is 63.7 Å². The van der Waals surface area contributed by atoms with Gasteiger partial charge in [0.25, 0.3) is 0 Å². The summed E-state index contributed by atoms with van der Waals surface area (Å²) in [6.07, 6.45) is 1.78. The molecular formula is C22H28IN5O2S. The summed E-state index contributed by atoms with van der Waals surface area (Å²) >= 11 is 1.70. The fraction of sp³-hybridized carbons (Fsp3) is 0.318. The van der Waals surface area contributed by atoms with Gasteiger partial charge in [-0.25, -0.2) is 9.97 Å². The lowest BCUT2D eigenvalue weighted by atomic mass is 10.3. The number of hydrogen-bond donors (Lipinski definition) is 2. The number of aromatic nitrogens is 2. The molecule has 0 aliphatic heterocycles. The summed E-state index contributed by atoms with van der Waals surface area (Å²) in [6.45, 7) is 7.87. The van der Waals surface area contributed by atoms with Crippen LogP contribution in [0.15, 0.2) is 47.6 Å². The van der Waals surface area contributed by atoms with Gasteiger partial charge in [-0.05, 0) is 38.5 Å². The van der Waals surface area contributed by atoms with Crippen LogP contribution in [0.2, 0.25) is 0 Å². The van der Waals surface area contributed by atoms with Crippen LogP contribution >= 0.6 is 35.3 Å². The van der Waals surface area contributed by atoms with E-state index in [0.29, 0.717) is 43.0 Å². The number of aryl methyl sites for hydroxylation is 2. The number of nitrogens with one attached hydrogen (secondary N) is 2. The number of hydrogen-bond acceptors (Lipinski definition) is 6. The lowest BCUT2D eigenvalue weighted by Crippen LogP contribution is -2.36. The summed E-state index contributed by atoms with van der Waals surface area (Å²) in [5.74, 6) is 2.58. The maximum Gasteiger partial charge on any atom is 0.219 e. The minimum absolute atomic E-state index is 0. The van der Waals surface area contributed by atoms with E-state index < -0.39 is 0 Å². The van der Waals surface area contributed by atoms with Crippen molar-refractivity contribution < 1.29 is 9.47 Å². The molecule has 0 atom stereocenters. The highest BCUT2D eigenvalue weighted by Gasteiger charge is 2.07. The van der Waals surface area contributed by atoms with Crippen LogP contribution in [0.4, 0.5) is 0 Å². The Kier molecular flexibility index (Phi) is 9.99. The van der Waals surface area contributed by atoms with Gasteiger partial charge in [-0.3, -0.25) is 4.99 Å². The molecule has 1 aromatic carbocycles. The molecule has 0 aliphatic carbocycles. The molecule has 3 rings (SSSR count). The molecule has 7 nitrogen and oxygen atoms in total. The number of aliphatic imine (C=N–C) groups is 1. The number of ether oxygens (including phenoxy) is 2. The predicted octanol–water partition coefficient (Wildman–Crippen LogP) is 4.83. The molecular weight excluding hydrogens is 525 g/mol. The van der Waals surface area contributed by atoms with Crippen LogP contribution in [0.1, 0.15) is 28.1 Å². The van der Waals surface area contributed by atoms with Crippen LogP contribution in [0.25, 0.3) is 0 Å². The van der Waals surface area contributed by atoms with Crippen LogP contribution in [-0.4, -0.2) is 29.6 Å². The van der Waals surface area contributed by atoms with Gasteiger partial charge in [-0.1, -0.05) is 18.2 Å². The first kappa shape index (κ1) is 24.9. The molecule has 0 aliphatic rings. The largest absolute Gasteiger partial charge is 0.490 e. The van der Waals surface area contributed by atoms with E-state index in [9.17, 15) is 0 Å². The molecule has 0 radical (unpaired) electrons. The summed E-state index contributed by atoms with van der Waals surface area (Å²) < 4.78 is 11.5. The molecule has 2 aromatic heterocycles. The minimum atomic E-state index is 0. The molecule has 9 heteroatoms. The first-order valence-electron chi connectivity index (χ1n) is 9.81. The monoisotopic (exact) mass is 553 g/mol. The SMILES string of the molecule is CCOc1ccccc1Oc1ccc(CNC(=NC)NCc2nc(C)c(C)s2)cn1.I. The number of guanidine groups is 1. The zero-order chi connectivity index (χ0) is 21.3. The lowest BCUT2D eigenvalue weighted by Gasteiger charge is -2.12. The first-order chi connectivity index (χ1) is 14.6. The average molecular weight is 553 g/mol. The Morgan fingerprint density at radius 3 is 2.42 bits per heavy atom. The van der Waals surface area contributed by atoms with Crippen molar-refractivity contribution in [2.24, 2.45) is 4.99 Å². The van der Waals surface area contributed by atoms with E-state index in [2.05, 4.69) is 32.5 Å². The van der Waals surface area contributed by atoms with Crippen LogP contribution in [-0.2, 0) is 13.1 Å². The normalized spacial score (nSPS) is 10.9. The van der Waals surface area contributed by atoms with Gasteiger partial charge in [0, 0.05) is 30.7 Å². The Morgan fingerprint density at radius 1 is 1.06 bits per heavy atom. The first-order valence-corrected chi connectivity index (χ1v) is 10.6. The fourth-order valence-electron chi connectivity index (χ4n) is 2.68. The second kappa shape index (κ2) is 12.5. The Bertz CT molecular complexity index is 972. The summed E-state index contributed by atoms with van der Waals surface area (Å²) in [6, 6.07) is 11.4. The molecule has 0 fully saturated rings. The van der Waals surface area contributed by atoms with Crippen molar-refractivity contribution in [1.29, 1.82) is 0 Å². The number of halogens is 1. The van der Waals surface area contributed by atoms with Crippen molar-refractivity contribution >= 4 is 41.3 Å². The van der Waals surface area contributed by atoms with Crippen molar-refractivity contribution in [2.45, 2.75) is 33.9 Å². The number of rotatable bonds is 8. The van der Waals surface area contributed by atoms with E-state index >= 15 is 0 Å². The van der Waals surface area contributed by atoms with Gasteiger partial charge in [0.1, 0.15) is 5.01 Å². The van der Waals surface area contributed by atoms with Crippen molar-refractivity contribution in [1.82, 2.24) is 20.6 Å². The topological polar surface area (TPSA) is 80.7 Å². The Hall–Kier alpha value is -2.40. The fourth-order valence-corrected chi connectivity index (χ4v) is 3.55. The predicted molar refractivity (Wildman–Crippen MR) is 136 cm³/mol. The third kappa shape index (κ3) is 7.35. The number of nitrogens with zero attached hydrogens (tertiary/aromatic N) is 3. The Morgan fingerprint density at radius 2 is 1.81 bits per heavy atom. The van der Waals surface area contributed by atoms with Crippen molar-refractivity contribution in [2.75, 3.05) is 13.7 Å². The highest BCUT2D eigenvalue weighted by atomic mass is 127. The summed E-state index contributed by atoms with van der Waals surface area (Å²) in [5.41, 5.74) is 2.10. The second-order valence-corrected chi connectivity index (χ2v) is 7.80. The molecule has 2 N–H and O–H groups in total. The Labute approximate surface area is 204 Å². The molecule has 166 valence electrons. The van der Waals surface area contributed by atoms with E-state index in [1.165, 1.54) is 4.88 Å². The van der Waals surface area contributed by atoms with Crippen LogP contribution in [0, 0.1) is 13.8 Å². The summed E-state index contributed by atoms with van der Waals surface area (Å²) in [4.78, 5) is 14.4. The van der Waals surface area contributed by atoms with Crippen LogP contribution in [0.3, 0.4) is 0 Å². The lowest BCUT2D eigenvalue weighted by molar-refractivity contribution is 0.319. The van der Waals surface area contributed by atoms with E-state index in [0.717, 1.165) is 16.3 Å². The second-order valence-electron chi connectivity index (χ2n) is 6.52. The van der Waals surface area contributed by atoms with Gasteiger partial charge in [0.05, 0.1) is 18.8 Å². The van der Waals surface area contributed by atoms with Gasteiger partial charge < -0.3 is 20.1 Å². The smallest absolute Gasteiger partial charge is 0.219 e. The van der Waals surface area contributed by atoms with E-state index in [4.69, 9.17) is 9.47 Å². The van der Waals surface area contributed by atoms with Gasteiger partial charge in [-0.2, -0.15) is 0 Å². The molecule has 3 aromatic rings. The van der Waals surface area contributed by atoms with Crippen LogP contribution in [0.5, 0.6) is 17.4 Å². The molecule has 0 bridgehead atoms. The molecule has 31 heavy (non-hydrogen) atoms. The van der Waals surface area contributed by atoms with E-state index in [1.54, 1.807) is 24.6 Å². The van der Waals surface area contributed by atoms with E-state index in [1.807, 2.05) is 50.2 Å². The van der Waals surface area contributed by atoms with E-state index in [-0.39, 0.29) is 24.0 Å². The van der Waals surface area contributed by atoms with Gasteiger partial charge >= 0.3 is 0 Å². The van der Waals surface area contributed by atoms with Gasteiger partial charge in [-0.15, -0.1) is 35.3 Å². The third-order valence-corrected chi connectivity index (χ3v) is 5.40. The maximum atomic E-state index is 5.86. The molecule has 2 heterocycles. The quantitative estimate of drug-likeness (QED) is 0.236. The average Bonchev–Trinajstić information content (AvgIpc) is 3.08. The third-order valence-electron chi connectivity index (χ3n) is 4.32. The van der Waals surface area contributed by atoms with Crippen molar-refractivity contribution in [3.8, 4) is 17.4 Å². The number of thiazole rings is 1. The number of benzene rings is 1. The van der Waals surface area contributed by atoms with Gasteiger partial charge in [0.2, 0.25) is 5.88 Å². The Balaban J connectivity index is 0.00000341. The highest BCUT2D eigenvalue weighted by Crippen LogP contribution is 2.30. The molecule has 0 unspecified atom stereocenters. The standard InChI is InChI=1S/C22H27N5O2S.HI/c1-5-28-18-8-6-7-9-19(18)29-20-11-10-17(12-24-20)13-25-22(23-4)26-14-21-27-15(2)16(3)30-21;/h6-12H,5,13-14H2,1-4H3,(H2,23,25,26);1H. The number of pyridine rings is 1. The van der Waals surface area contributed by atoms with Crippen molar-refractivity contribution in [3.63, 3.8) is 0 Å². The molecule has 0 saturated carbocycles. The maximum absolute atomic E-state index is 5.86. The molecule has 0 spiro atoms. The van der Waals surface area contributed by atoms with Gasteiger partial charge in [0.15, 0.2) is 17.5 Å². The minimum Gasteiger partial charge on any atom is -0.490 e. The zero-order valence-corrected chi connectivity index (χ0v) is 21.3. The zero-order valence-electron chi connectivity index (χ0n) is 18.1.